The number of benzene rings is 2. The van der Waals surface area contributed by atoms with Crippen molar-refractivity contribution < 1.29 is 40.6 Å². The van der Waals surface area contributed by atoms with Gasteiger partial charge in [0.05, 0.1) is 25.8 Å². The van der Waals surface area contributed by atoms with Crippen LogP contribution in [-0.2, 0) is 0 Å². The van der Waals surface area contributed by atoms with Gasteiger partial charge in [0.15, 0.2) is 15.1 Å². The Labute approximate surface area is 127 Å². The summed E-state index contributed by atoms with van der Waals surface area (Å²) in [5, 5.41) is 11.1. The van der Waals surface area contributed by atoms with E-state index in [0.717, 1.165) is 7.14 Å². The molecule has 0 aliphatic heterocycles. The van der Waals surface area contributed by atoms with Crippen LogP contribution in [0, 0.1) is 7.14 Å². The second kappa shape index (κ2) is 6.60. The molecule has 0 radical (unpaired) electrons. The van der Waals surface area contributed by atoms with E-state index < -0.39 is 27.2 Å². The zero-order valence-electron chi connectivity index (χ0n) is 11.1. The number of halogens is 1. The maximum Gasteiger partial charge on any atom is 0.358 e. The largest absolute Gasteiger partial charge is 0.545 e. The number of carboxylic acids is 1. The summed E-state index contributed by atoms with van der Waals surface area (Å²) in [6.45, 7) is 0. The van der Waals surface area contributed by atoms with Crippen molar-refractivity contribution in [2.75, 3.05) is 14.2 Å². The van der Waals surface area contributed by atoms with Crippen molar-refractivity contribution in [1.29, 1.82) is 0 Å². The fraction of sp³-hybridized carbons (Fsp3) is 0.133. The average molecular weight is 384 g/mol. The predicted octanol–water partition coefficient (Wildman–Crippen LogP) is -1.80. The molecule has 0 aromatic heterocycles. The lowest BCUT2D eigenvalue weighted by Crippen LogP contribution is -3.61. The van der Waals surface area contributed by atoms with Gasteiger partial charge in [0, 0.05) is 6.07 Å². The Morgan fingerprint density at radius 3 is 2.40 bits per heavy atom. The van der Waals surface area contributed by atoms with Crippen molar-refractivity contribution in [2.24, 2.45) is 0 Å². The van der Waals surface area contributed by atoms with Gasteiger partial charge in [-0.2, -0.15) is 0 Å². The standard InChI is InChI=1S/C15H13IO4/c1-19-13-8-7-10(9-14(13)20-2)16-12-6-4-3-5-11(12)15(17)18/h3-9H,1-2H3. The van der Waals surface area contributed by atoms with Crippen molar-refractivity contribution >= 4 is 5.97 Å². The van der Waals surface area contributed by atoms with Gasteiger partial charge in [0.25, 0.3) is 0 Å². The fourth-order valence-electron chi connectivity index (χ4n) is 1.70. The van der Waals surface area contributed by atoms with Crippen LogP contribution in [0.4, 0.5) is 0 Å². The molecule has 2 aromatic rings. The second-order valence-corrected chi connectivity index (χ2v) is 6.81. The fourth-order valence-corrected chi connectivity index (χ4v) is 4.24. The molecule has 0 N–H and O–H groups in total. The summed E-state index contributed by atoms with van der Waals surface area (Å²) in [7, 11) is 3.16. The summed E-state index contributed by atoms with van der Waals surface area (Å²) in [5.41, 5.74) is 0.259. The van der Waals surface area contributed by atoms with Crippen LogP contribution in [0.3, 0.4) is 0 Å². The minimum absolute atomic E-state index is 0.259. The van der Waals surface area contributed by atoms with Crippen LogP contribution >= 0.6 is 0 Å². The van der Waals surface area contributed by atoms with E-state index >= 15 is 0 Å². The topological polar surface area (TPSA) is 58.6 Å². The summed E-state index contributed by atoms with van der Waals surface area (Å²) < 4.78 is 12.3. The molecule has 0 saturated carbocycles. The van der Waals surface area contributed by atoms with E-state index in [9.17, 15) is 9.90 Å². The zero-order valence-corrected chi connectivity index (χ0v) is 13.2. The molecule has 0 spiro atoms. The highest BCUT2D eigenvalue weighted by Gasteiger charge is 2.21. The first kappa shape index (κ1) is 14.6. The van der Waals surface area contributed by atoms with Crippen LogP contribution in [0.25, 0.3) is 0 Å². The molecule has 0 fully saturated rings. The average Bonchev–Trinajstić information content (AvgIpc) is 2.47. The third-order valence-electron chi connectivity index (χ3n) is 2.65. The molecule has 5 heteroatoms. The quantitative estimate of drug-likeness (QED) is 0.571. The highest BCUT2D eigenvalue weighted by molar-refractivity contribution is 5.85. The zero-order chi connectivity index (χ0) is 14.5. The van der Waals surface area contributed by atoms with Gasteiger partial charge in [-0.05, 0) is 24.3 Å². The van der Waals surface area contributed by atoms with Gasteiger partial charge in [-0.3, -0.25) is 0 Å². The summed E-state index contributed by atoms with van der Waals surface area (Å²) in [6, 6.07) is 12.6. The summed E-state index contributed by atoms with van der Waals surface area (Å²) in [4.78, 5) is 11.1. The summed E-state index contributed by atoms with van der Waals surface area (Å²) in [6.07, 6.45) is 0. The third-order valence-corrected chi connectivity index (χ3v) is 5.47. The molecule has 104 valence electrons. The Kier molecular flexibility index (Phi) is 4.84. The van der Waals surface area contributed by atoms with E-state index in [0.29, 0.717) is 11.5 Å². The van der Waals surface area contributed by atoms with E-state index in [4.69, 9.17) is 9.47 Å². The molecular weight excluding hydrogens is 371 g/mol. The molecule has 0 aliphatic carbocycles. The number of ether oxygens (including phenoxy) is 2. The molecule has 0 heterocycles. The minimum Gasteiger partial charge on any atom is -0.545 e. The molecule has 2 aromatic carbocycles. The monoisotopic (exact) mass is 384 g/mol. The number of hydrogen-bond donors (Lipinski definition) is 0. The maximum absolute atomic E-state index is 11.1. The van der Waals surface area contributed by atoms with Gasteiger partial charge in [0.2, 0.25) is 3.57 Å². The normalized spacial score (nSPS) is 10.1. The molecular formula is C15H13IO4. The third kappa shape index (κ3) is 3.22. The van der Waals surface area contributed by atoms with E-state index in [1.54, 1.807) is 26.4 Å². The minimum atomic E-state index is -1.14. The van der Waals surface area contributed by atoms with Crippen LogP contribution in [0.2, 0.25) is 0 Å². The smallest absolute Gasteiger partial charge is 0.358 e. The van der Waals surface area contributed by atoms with Crippen molar-refractivity contribution in [1.82, 2.24) is 0 Å². The molecule has 0 unspecified atom stereocenters. The van der Waals surface area contributed by atoms with E-state index in [1.807, 2.05) is 30.3 Å². The van der Waals surface area contributed by atoms with Crippen molar-refractivity contribution in [2.45, 2.75) is 0 Å². The van der Waals surface area contributed by atoms with Crippen LogP contribution in [0.1, 0.15) is 10.4 Å². The first-order chi connectivity index (χ1) is 9.65. The van der Waals surface area contributed by atoms with E-state index in [-0.39, 0.29) is 5.56 Å². The van der Waals surface area contributed by atoms with Gasteiger partial charge < -0.3 is 19.4 Å². The lowest BCUT2D eigenvalue weighted by molar-refractivity contribution is -0.598. The van der Waals surface area contributed by atoms with Crippen LogP contribution in [-0.4, -0.2) is 20.2 Å². The van der Waals surface area contributed by atoms with Gasteiger partial charge >= 0.3 is 21.2 Å². The predicted molar refractivity (Wildman–Crippen MR) is 67.7 cm³/mol. The van der Waals surface area contributed by atoms with Crippen LogP contribution < -0.4 is 35.8 Å². The Bertz CT molecular complexity index is 625. The van der Waals surface area contributed by atoms with E-state index in [1.165, 1.54) is 0 Å². The lowest BCUT2D eigenvalue weighted by atomic mass is 10.2. The number of carbonyl (C=O) groups is 1. The number of methoxy groups -OCH3 is 2. The highest BCUT2D eigenvalue weighted by Crippen LogP contribution is 2.24. The van der Waals surface area contributed by atoms with Crippen LogP contribution in [0.15, 0.2) is 42.5 Å². The van der Waals surface area contributed by atoms with Gasteiger partial charge in [0.1, 0.15) is 0 Å². The molecule has 0 atom stereocenters. The lowest BCUT2D eigenvalue weighted by Gasteiger charge is -2.06. The molecule has 0 bridgehead atoms. The van der Waals surface area contributed by atoms with Gasteiger partial charge in [-0.25, -0.2) is 0 Å². The molecule has 0 aliphatic rings. The van der Waals surface area contributed by atoms with Crippen LogP contribution in [0.5, 0.6) is 11.5 Å². The first-order valence-electron chi connectivity index (χ1n) is 5.83. The SMILES string of the molecule is COc1ccc([I+]c2ccccc2C(=O)[O-])cc1OC. The van der Waals surface area contributed by atoms with E-state index in [2.05, 4.69) is 0 Å². The summed E-state index contributed by atoms with van der Waals surface area (Å²) >= 11 is -0.624. The first-order valence-corrected chi connectivity index (χ1v) is 7.98. The Morgan fingerprint density at radius 2 is 1.75 bits per heavy atom. The molecule has 4 nitrogen and oxygen atoms in total. The number of rotatable bonds is 5. The van der Waals surface area contributed by atoms with Gasteiger partial charge in [-0.1, -0.05) is 12.1 Å². The van der Waals surface area contributed by atoms with Crippen molar-refractivity contribution in [3.8, 4) is 11.5 Å². The number of carbonyl (C=O) groups excluding carboxylic acids is 1. The number of hydrogen-bond acceptors (Lipinski definition) is 4. The van der Waals surface area contributed by atoms with Crippen molar-refractivity contribution in [3.63, 3.8) is 0 Å². The molecule has 20 heavy (non-hydrogen) atoms. The van der Waals surface area contributed by atoms with Gasteiger partial charge in [-0.15, -0.1) is 0 Å². The molecule has 0 amide bonds. The number of carboxylic acid groups (broad SMARTS) is 1. The Hall–Kier alpha value is -1.76. The molecule has 0 saturated heterocycles. The second-order valence-electron chi connectivity index (χ2n) is 3.86. The summed E-state index contributed by atoms with van der Waals surface area (Å²) in [5.74, 6) is 0.171. The molecule has 2 rings (SSSR count). The highest BCUT2D eigenvalue weighted by atomic mass is 127. The Morgan fingerprint density at radius 1 is 1.05 bits per heavy atom. The Balaban J connectivity index is 2.33. The number of aromatic carboxylic acids is 1. The van der Waals surface area contributed by atoms with Crippen molar-refractivity contribution in [3.05, 3.63) is 55.2 Å². The maximum atomic E-state index is 11.1.